The molecule has 3 heteroatoms. The molecule has 1 atom stereocenters. The molecule has 3 nitrogen and oxygen atoms in total. The van der Waals surface area contributed by atoms with Crippen LogP contribution in [0.4, 0.5) is 0 Å². The maximum absolute atomic E-state index is 12.7. The number of aliphatic hydroxyl groups excluding tert-OH is 1. The quantitative estimate of drug-likeness (QED) is 0.460. The Morgan fingerprint density at radius 1 is 1.28 bits per heavy atom. The zero-order valence-electron chi connectivity index (χ0n) is 17.5. The Labute approximate surface area is 173 Å². The van der Waals surface area contributed by atoms with E-state index in [1.165, 1.54) is 6.92 Å². The SMILES string of the molecule is C=C/C(C)=C(/C(C)=O)[C@@H](C1=CC(CC)=CC(=C)C=C1O)c1ccc(C#N)cc1C. The Balaban J connectivity index is 2.90. The standard InChI is InChI=1S/C26H27NO2/c1-7-17(4)25(19(6)28)26(22-10-9-21(15-27)13-18(22)5)23-14-20(8-2)11-16(3)12-24(23)29/h7,9-14,26,29H,1,3,8H2,2,4-6H3/b25-17-/t26-/m1/s1. The molecule has 1 N–H and O–H groups in total. The van der Waals surface area contributed by atoms with Crippen molar-refractivity contribution < 1.29 is 9.90 Å². The molecule has 0 aromatic heterocycles. The van der Waals surface area contributed by atoms with Crippen LogP contribution in [0, 0.1) is 18.3 Å². The first kappa shape index (κ1) is 21.9. The minimum atomic E-state index is -0.490. The van der Waals surface area contributed by atoms with Gasteiger partial charge in [-0.05, 0) is 73.2 Å². The zero-order valence-corrected chi connectivity index (χ0v) is 17.5. The molecule has 0 radical (unpaired) electrons. The number of carbonyl (C=O) groups is 1. The number of nitriles is 1. The van der Waals surface area contributed by atoms with E-state index in [4.69, 9.17) is 0 Å². The average molecular weight is 386 g/mol. The van der Waals surface area contributed by atoms with Crippen molar-refractivity contribution in [3.63, 3.8) is 0 Å². The normalized spacial score (nSPS) is 15.8. The van der Waals surface area contributed by atoms with Crippen molar-refractivity contribution in [2.75, 3.05) is 0 Å². The summed E-state index contributed by atoms with van der Waals surface area (Å²) in [4.78, 5) is 12.7. The molecule has 1 aliphatic carbocycles. The Bertz CT molecular complexity index is 1040. The monoisotopic (exact) mass is 385 g/mol. The fraction of sp³-hybridized carbons (Fsp3) is 0.231. The lowest BCUT2D eigenvalue weighted by Gasteiger charge is -2.26. The van der Waals surface area contributed by atoms with E-state index in [9.17, 15) is 15.2 Å². The topological polar surface area (TPSA) is 61.1 Å². The van der Waals surface area contributed by atoms with Gasteiger partial charge in [-0.3, -0.25) is 4.79 Å². The van der Waals surface area contributed by atoms with E-state index >= 15 is 0 Å². The summed E-state index contributed by atoms with van der Waals surface area (Å²) < 4.78 is 0. The number of aryl methyl sites for hydroxylation is 1. The molecule has 0 fully saturated rings. The average Bonchev–Trinajstić information content (AvgIpc) is 2.82. The smallest absolute Gasteiger partial charge is 0.157 e. The summed E-state index contributed by atoms with van der Waals surface area (Å²) in [6.45, 7) is 15.2. The Hall–Kier alpha value is -3.38. The van der Waals surface area contributed by atoms with Crippen molar-refractivity contribution in [1.82, 2.24) is 0 Å². The van der Waals surface area contributed by atoms with Crippen molar-refractivity contribution in [2.45, 2.75) is 40.0 Å². The summed E-state index contributed by atoms with van der Waals surface area (Å²) in [7, 11) is 0. The summed E-state index contributed by atoms with van der Waals surface area (Å²) in [6, 6.07) is 7.55. The van der Waals surface area contributed by atoms with E-state index in [2.05, 4.69) is 19.2 Å². The predicted octanol–water partition coefficient (Wildman–Crippen LogP) is 6.32. The number of carbonyl (C=O) groups excluding carboxylic acids is 1. The van der Waals surface area contributed by atoms with E-state index in [1.54, 1.807) is 24.3 Å². The van der Waals surface area contributed by atoms with Crippen LogP contribution >= 0.6 is 0 Å². The van der Waals surface area contributed by atoms with Crippen LogP contribution in [0.1, 0.15) is 49.8 Å². The first-order valence-corrected chi connectivity index (χ1v) is 9.60. The van der Waals surface area contributed by atoms with Gasteiger partial charge in [-0.25, -0.2) is 0 Å². The summed E-state index contributed by atoms with van der Waals surface area (Å²) in [5, 5.41) is 20.2. The van der Waals surface area contributed by atoms with Crippen LogP contribution < -0.4 is 0 Å². The number of nitrogens with zero attached hydrogens (tertiary/aromatic N) is 1. The molecule has 1 aliphatic rings. The fourth-order valence-electron chi connectivity index (χ4n) is 3.66. The highest BCUT2D eigenvalue weighted by Gasteiger charge is 2.30. The molecule has 0 heterocycles. The maximum Gasteiger partial charge on any atom is 0.157 e. The molecule has 148 valence electrons. The maximum atomic E-state index is 12.7. The van der Waals surface area contributed by atoms with Gasteiger partial charge in [-0.15, -0.1) is 0 Å². The third-order valence-corrected chi connectivity index (χ3v) is 5.16. The minimum absolute atomic E-state index is 0.0825. The number of aliphatic hydroxyl groups is 1. The van der Waals surface area contributed by atoms with Gasteiger partial charge in [0.25, 0.3) is 0 Å². The van der Waals surface area contributed by atoms with Gasteiger partial charge in [-0.2, -0.15) is 5.26 Å². The number of allylic oxidation sites excluding steroid dienone is 9. The van der Waals surface area contributed by atoms with Gasteiger partial charge in [0.2, 0.25) is 0 Å². The number of rotatable bonds is 6. The summed E-state index contributed by atoms with van der Waals surface area (Å²) in [5.41, 5.74) is 5.97. The van der Waals surface area contributed by atoms with E-state index < -0.39 is 5.92 Å². The van der Waals surface area contributed by atoms with E-state index in [-0.39, 0.29) is 11.5 Å². The zero-order chi connectivity index (χ0) is 21.7. The van der Waals surface area contributed by atoms with Gasteiger partial charge in [0.05, 0.1) is 11.6 Å². The summed E-state index contributed by atoms with van der Waals surface area (Å²) in [5.74, 6) is -0.496. The number of hydrogen-bond donors (Lipinski definition) is 1. The molecule has 0 aliphatic heterocycles. The molecule has 0 saturated heterocycles. The highest BCUT2D eigenvalue weighted by atomic mass is 16.3. The Kier molecular flexibility index (Phi) is 6.96. The molecule has 0 spiro atoms. The second-order valence-electron chi connectivity index (χ2n) is 7.25. The van der Waals surface area contributed by atoms with Crippen molar-refractivity contribution in [3.05, 3.63) is 106 Å². The lowest BCUT2D eigenvalue weighted by Crippen LogP contribution is -2.16. The molecular weight excluding hydrogens is 358 g/mol. The first-order valence-electron chi connectivity index (χ1n) is 9.60. The molecule has 2 rings (SSSR count). The predicted molar refractivity (Wildman–Crippen MR) is 119 cm³/mol. The lowest BCUT2D eigenvalue weighted by atomic mass is 9.77. The largest absolute Gasteiger partial charge is 0.508 e. The Morgan fingerprint density at radius 2 is 1.97 bits per heavy atom. The van der Waals surface area contributed by atoms with Crippen LogP contribution in [0.2, 0.25) is 0 Å². The molecule has 0 saturated carbocycles. The molecule has 0 bridgehead atoms. The molecular formula is C26H27NO2. The van der Waals surface area contributed by atoms with Crippen LogP contribution in [0.5, 0.6) is 0 Å². The number of hydrogen-bond acceptors (Lipinski definition) is 3. The van der Waals surface area contributed by atoms with Gasteiger partial charge in [-0.1, -0.05) is 44.4 Å². The van der Waals surface area contributed by atoms with Gasteiger partial charge in [0, 0.05) is 17.1 Å². The van der Waals surface area contributed by atoms with Crippen LogP contribution in [-0.2, 0) is 4.79 Å². The van der Waals surface area contributed by atoms with Crippen molar-refractivity contribution in [2.24, 2.45) is 0 Å². The highest BCUT2D eigenvalue weighted by molar-refractivity contribution is 5.97. The second kappa shape index (κ2) is 9.21. The number of ketones is 1. The second-order valence-corrected chi connectivity index (χ2v) is 7.25. The van der Waals surface area contributed by atoms with E-state index in [1.807, 2.05) is 39.0 Å². The third kappa shape index (κ3) is 4.73. The molecule has 0 unspecified atom stereocenters. The van der Waals surface area contributed by atoms with Crippen LogP contribution in [0.15, 0.2) is 89.3 Å². The van der Waals surface area contributed by atoms with Gasteiger partial charge >= 0.3 is 0 Å². The third-order valence-electron chi connectivity index (χ3n) is 5.16. The minimum Gasteiger partial charge on any atom is -0.508 e. The summed E-state index contributed by atoms with van der Waals surface area (Å²) in [6.07, 6.45) is 7.93. The van der Waals surface area contributed by atoms with Gasteiger partial charge in [0.15, 0.2) is 5.78 Å². The first-order chi connectivity index (χ1) is 13.7. The van der Waals surface area contributed by atoms with E-state index in [0.717, 1.165) is 28.7 Å². The van der Waals surface area contributed by atoms with Crippen molar-refractivity contribution in [1.29, 1.82) is 5.26 Å². The van der Waals surface area contributed by atoms with Crippen LogP contribution in [0.25, 0.3) is 0 Å². The van der Waals surface area contributed by atoms with Crippen LogP contribution in [0.3, 0.4) is 0 Å². The number of Topliss-reactive ketones (excluding diaryl/α,β-unsaturated/α-hetero) is 1. The molecule has 0 amide bonds. The van der Waals surface area contributed by atoms with E-state index in [0.29, 0.717) is 22.3 Å². The highest BCUT2D eigenvalue weighted by Crippen LogP contribution is 2.41. The molecule has 1 aromatic carbocycles. The van der Waals surface area contributed by atoms with Crippen molar-refractivity contribution in [3.8, 4) is 6.07 Å². The van der Waals surface area contributed by atoms with Gasteiger partial charge in [0.1, 0.15) is 5.76 Å². The van der Waals surface area contributed by atoms with Gasteiger partial charge < -0.3 is 5.11 Å². The number of benzene rings is 1. The molecule has 29 heavy (non-hydrogen) atoms. The summed E-state index contributed by atoms with van der Waals surface area (Å²) >= 11 is 0. The Morgan fingerprint density at radius 3 is 2.48 bits per heavy atom. The van der Waals surface area contributed by atoms with Crippen LogP contribution in [-0.4, -0.2) is 10.9 Å². The van der Waals surface area contributed by atoms with Crippen molar-refractivity contribution >= 4 is 5.78 Å². The lowest BCUT2D eigenvalue weighted by molar-refractivity contribution is -0.113. The molecule has 1 aromatic rings. The fourth-order valence-corrected chi connectivity index (χ4v) is 3.66.